The van der Waals surface area contributed by atoms with Crippen molar-refractivity contribution in [2.45, 2.75) is 44.6 Å². The molecule has 24 heavy (non-hydrogen) atoms. The Balaban J connectivity index is 1.45. The molecule has 0 aromatic heterocycles. The van der Waals surface area contributed by atoms with Crippen molar-refractivity contribution in [3.8, 4) is 0 Å². The average molecular weight is 397 g/mol. The zero-order valence-corrected chi connectivity index (χ0v) is 16.2. The minimum Gasteiger partial charge on any atom is -0.382 e. The molecular formula is C20H29BrO3. The fourth-order valence-corrected chi connectivity index (χ4v) is 6.65. The van der Waals surface area contributed by atoms with Crippen LogP contribution in [0.25, 0.3) is 0 Å². The number of ether oxygens (including phenoxy) is 3. The van der Waals surface area contributed by atoms with Crippen LogP contribution in [-0.2, 0) is 14.2 Å². The molecule has 0 saturated heterocycles. The molecule has 4 heteroatoms. The number of rotatable bonds is 7. The maximum atomic E-state index is 6.17. The van der Waals surface area contributed by atoms with Gasteiger partial charge in [0.2, 0.25) is 0 Å². The van der Waals surface area contributed by atoms with Gasteiger partial charge in [0.1, 0.15) is 6.79 Å². The van der Waals surface area contributed by atoms with E-state index in [1.165, 1.54) is 38.5 Å². The normalized spacial score (nSPS) is 43.2. The van der Waals surface area contributed by atoms with Gasteiger partial charge in [-0.3, -0.25) is 0 Å². The van der Waals surface area contributed by atoms with Crippen LogP contribution in [0.2, 0.25) is 0 Å². The highest BCUT2D eigenvalue weighted by atomic mass is 79.9. The standard InChI is InChI=1S/C20H29BrO3/c1-22-4-5-23-13-24-19-9-17(21)2-3-18(19)20-10-14-6-15(11-20)8-16(7-14)12-20/h2-3,9,14-16,18-19H,4-8,10-13H2,1H3. The summed E-state index contributed by atoms with van der Waals surface area (Å²) in [5.74, 6) is 3.41. The molecule has 4 saturated carbocycles. The minimum absolute atomic E-state index is 0.128. The molecule has 2 atom stereocenters. The van der Waals surface area contributed by atoms with E-state index in [1.807, 2.05) is 0 Å². The molecule has 134 valence electrons. The summed E-state index contributed by atoms with van der Waals surface area (Å²) in [5.41, 5.74) is 0.465. The summed E-state index contributed by atoms with van der Waals surface area (Å²) in [6.07, 6.45) is 15.7. The molecule has 4 fully saturated rings. The summed E-state index contributed by atoms with van der Waals surface area (Å²) in [4.78, 5) is 0. The first-order valence-electron chi connectivity index (χ1n) is 9.42. The van der Waals surface area contributed by atoms with Crippen LogP contribution < -0.4 is 0 Å². The van der Waals surface area contributed by atoms with Gasteiger partial charge in [0.25, 0.3) is 0 Å². The SMILES string of the molecule is COCCOCOC1C=C(Br)C=CC1C12CC3CC(CC(C3)C1)C2. The zero-order valence-electron chi connectivity index (χ0n) is 14.6. The van der Waals surface area contributed by atoms with E-state index in [4.69, 9.17) is 14.2 Å². The second-order valence-electron chi connectivity index (χ2n) is 8.37. The fourth-order valence-electron chi connectivity index (χ4n) is 6.24. The molecule has 0 aliphatic heterocycles. The van der Waals surface area contributed by atoms with Crippen molar-refractivity contribution in [2.24, 2.45) is 29.1 Å². The molecule has 0 aromatic carbocycles. The molecule has 5 aliphatic carbocycles. The second-order valence-corrected chi connectivity index (χ2v) is 9.28. The van der Waals surface area contributed by atoms with Gasteiger partial charge >= 0.3 is 0 Å². The van der Waals surface area contributed by atoms with Crippen molar-refractivity contribution in [3.05, 3.63) is 22.7 Å². The van der Waals surface area contributed by atoms with Gasteiger partial charge in [-0.2, -0.15) is 0 Å². The Morgan fingerprint density at radius 2 is 1.75 bits per heavy atom. The van der Waals surface area contributed by atoms with Crippen molar-refractivity contribution < 1.29 is 14.2 Å². The molecule has 5 rings (SSSR count). The molecule has 4 bridgehead atoms. The number of methoxy groups -OCH3 is 1. The van der Waals surface area contributed by atoms with Crippen LogP contribution in [-0.4, -0.2) is 33.2 Å². The summed E-state index contributed by atoms with van der Waals surface area (Å²) < 4.78 is 17.9. The average Bonchev–Trinajstić information content (AvgIpc) is 2.53. The van der Waals surface area contributed by atoms with Crippen LogP contribution in [0.1, 0.15) is 38.5 Å². The fraction of sp³-hybridized carbons (Fsp3) is 0.800. The van der Waals surface area contributed by atoms with Crippen LogP contribution in [0, 0.1) is 29.1 Å². The highest BCUT2D eigenvalue weighted by Gasteiger charge is 2.55. The Kier molecular flexibility index (Phi) is 5.19. The topological polar surface area (TPSA) is 27.7 Å². The Morgan fingerprint density at radius 3 is 2.38 bits per heavy atom. The highest BCUT2D eigenvalue weighted by Crippen LogP contribution is 2.64. The van der Waals surface area contributed by atoms with E-state index in [-0.39, 0.29) is 6.10 Å². The Labute approximate surface area is 153 Å². The van der Waals surface area contributed by atoms with E-state index in [2.05, 4.69) is 34.2 Å². The number of allylic oxidation sites excluding steroid dienone is 2. The van der Waals surface area contributed by atoms with E-state index in [9.17, 15) is 0 Å². The van der Waals surface area contributed by atoms with Crippen molar-refractivity contribution in [3.63, 3.8) is 0 Å². The lowest BCUT2D eigenvalue weighted by Crippen LogP contribution is -2.52. The Morgan fingerprint density at radius 1 is 1.08 bits per heavy atom. The molecule has 0 radical (unpaired) electrons. The maximum Gasteiger partial charge on any atom is 0.147 e. The number of hydrogen-bond acceptors (Lipinski definition) is 3. The third-order valence-electron chi connectivity index (χ3n) is 6.71. The van der Waals surface area contributed by atoms with Crippen LogP contribution in [0.5, 0.6) is 0 Å². The lowest BCUT2D eigenvalue weighted by atomic mass is 9.45. The number of hydrogen-bond donors (Lipinski definition) is 0. The van der Waals surface area contributed by atoms with Crippen molar-refractivity contribution >= 4 is 15.9 Å². The van der Waals surface area contributed by atoms with Gasteiger partial charge < -0.3 is 14.2 Å². The van der Waals surface area contributed by atoms with Crippen molar-refractivity contribution in [1.29, 1.82) is 0 Å². The van der Waals surface area contributed by atoms with Gasteiger partial charge in [0.15, 0.2) is 0 Å². The summed E-state index contributed by atoms with van der Waals surface area (Å²) >= 11 is 3.63. The van der Waals surface area contributed by atoms with Gasteiger partial charge in [-0.05, 0) is 67.8 Å². The predicted octanol–water partition coefficient (Wildman–Crippen LogP) is 4.67. The molecule has 0 N–H and O–H groups in total. The first-order chi connectivity index (χ1) is 11.7. The molecule has 0 aromatic rings. The predicted molar refractivity (Wildman–Crippen MR) is 97.8 cm³/mol. The summed E-state index contributed by atoms with van der Waals surface area (Å²) in [6, 6.07) is 0. The van der Waals surface area contributed by atoms with E-state index < -0.39 is 0 Å². The summed E-state index contributed by atoms with van der Waals surface area (Å²) in [7, 11) is 1.69. The third kappa shape index (κ3) is 3.40. The minimum atomic E-state index is 0.128. The quantitative estimate of drug-likeness (QED) is 0.462. The smallest absolute Gasteiger partial charge is 0.147 e. The van der Waals surface area contributed by atoms with Gasteiger partial charge in [-0.15, -0.1) is 0 Å². The van der Waals surface area contributed by atoms with Crippen LogP contribution >= 0.6 is 15.9 Å². The van der Waals surface area contributed by atoms with Crippen molar-refractivity contribution in [2.75, 3.05) is 27.1 Å². The van der Waals surface area contributed by atoms with Gasteiger partial charge in [0.05, 0.1) is 19.3 Å². The van der Waals surface area contributed by atoms with Crippen LogP contribution in [0.3, 0.4) is 0 Å². The van der Waals surface area contributed by atoms with Gasteiger partial charge in [0, 0.05) is 17.5 Å². The lowest BCUT2D eigenvalue weighted by molar-refractivity contribution is -0.139. The Bertz CT molecular complexity index is 478. The zero-order chi connectivity index (χ0) is 16.6. The monoisotopic (exact) mass is 396 g/mol. The van der Waals surface area contributed by atoms with E-state index in [1.54, 1.807) is 7.11 Å². The van der Waals surface area contributed by atoms with E-state index in [0.29, 0.717) is 31.3 Å². The van der Waals surface area contributed by atoms with Crippen LogP contribution in [0.4, 0.5) is 0 Å². The third-order valence-corrected chi connectivity index (χ3v) is 7.24. The number of halogens is 1. The molecule has 2 unspecified atom stereocenters. The maximum absolute atomic E-state index is 6.17. The molecule has 0 spiro atoms. The van der Waals surface area contributed by atoms with Crippen LogP contribution in [0.15, 0.2) is 22.7 Å². The highest BCUT2D eigenvalue weighted by molar-refractivity contribution is 9.11. The largest absolute Gasteiger partial charge is 0.382 e. The van der Waals surface area contributed by atoms with Gasteiger partial charge in [-0.1, -0.05) is 28.1 Å². The van der Waals surface area contributed by atoms with Crippen molar-refractivity contribution in [1.82, 2.24) is 0 Å². The summed E-state index contributed by atoms with van der Waals surface area (Å²) in [6.45, 7) is 1.55. The summed E-state index contributed by atoms with van der Waals surface area (Å²) in [5, 5.41) is 0. The molecule has 0 heterocycles. The molecule has 0 amide bonds. The molecule has 5 aliphatic rings. The lowest BCUT2D eigenvalue weighted by Gasteiger charge is -2.60. The molecule has 3 nitrogen and oxygen atoms in total. The van der Waals surface area contributed by atoms with Gasteiger partial charge in [-0.25, -0.2) is 0 Å². The first kappa shape index (κ1) is 17.3. The molecular weight excluding hydrogens is 368 g/mol. The Hall–Kier alpha value is -0.160. The van der Waals surface area contributed by atoms with E-state index in [0.717, 1.165) is 22.2 Å². The van der Waals surface area contributed by atoms with E-state index >= 15 is 0 Å². The second kappa shape index (κ2) is 7.22. The first-order valence-corrected chi connectivity index (χ1v) is 10.2.